The van der Waals surface area contributed by atoms with Crippen molar-refractivity contribution in [2.45, 2.75) is 19.9 Å². The minimum absolute atomic E-state index is 0.0632. The van der Waals surface area contributed by atoms with Crippen molar-refractivity contribution in [3.63, 3.8) is 0 Å². The second-order valence-corrected chi connectivity index (χ2v) is 4.83. The van der Waals surface area contributed by atoms with Crippen LogP contribution in [0.1, 0.15) is 13.8 Å². The number of carbonyl (C=O) groups excluding carboxylic acids is 2. The van der Waals surface area contributed by atoms with Gasteiger partial charge in [0.05, 0.1) is 10.0 Å². The summed E-state index contributed by atoms with van der Waals surface area (Å²) >= 11 is 11.7. The molecule has 0 saturated heterocycles. The Labute approximate surface area is 121 Å². The molecule has 0 unspecified atom stereocenters. The SMILES string of the molecule is CC(C)NC(=O)NC(=O)COc1c(Cl)cccc1Cl. The van der Waals surface area contributed by atoms with Crippen molar-refractivity contribution in [3.05, 3.63) is 28.2 Å². The Morgan fingerprint density at radius 2 is 1.84 bits per heavy atom. The molecular weight excluding hydrogens is 291 g/mol. The number of amides is 3. The van der Waals surface area contributed by atoms with Crippen LogP contribution >= 0.6 is 23.2 Å². The van der Waals surface area contributed by atoms with Crippen molar-refractivity contribution in [1.29, 1.82) is 0 Å². The number of rotatable bonds is 4. The van der Waals surface area contributed by atoms with E-state index in [1.54, 1.807) is 32.0 Å². The molecule has 0 heterocycles. The standard InChI is InChI=1S/C12H14Cl2N2O3/c1-7(2)15-12(18)16-10(17)6-19-11-8(13)4-3-5-9(11)14/h3-5,7H,6H2,1-2H3,(H2,15,16,17,18). The average molecular weight is 305 g/mol. The van der Waals surface area contributed by atoms with Gasteiger partial charge in [-0.2, -0.15) is 0 Å². The van der Waals surface area contributed by atoms with E-state index in [1.807, 2.05) is 0 Å². The molecule has 5 nitrogen and oxygen atoms in total. The molecular formula is C12H14Cl2N2O3. The summed E-state index contributed by atoms with van der Waals surface area (Å²) in [6.07, 6.45) is 0. The third-order valence-electron chi connectivity index (χ3n) is 1.94. The van der Waals surface area contributed by atoms with Crippen molar-refractivity contribution in [1.82, 2.24) is 10.6 Å². The summed E-state index contributed by atoms with van der Waals surface area (Å²) in [5.74, 6) is -0.376. The van der Waals surface area contributed by atoms with Gasteiger partial charge in [0.2, 0.25) is 0 Å². The number of hydrogen-bond acceptors (Lipinski definition) is 3. The molecule has 0 saturated carbocycles. The van der Waals surface area contributed by atoms with Crippen LogP contribution in [-0.4, -0.2) is 24.6 Å². The first-order valence-corrected chi connectivity index (χ1v) is 6.33. The minimum atomic E-state index is -0.589. The van der Waals surface area contributed by atoms with Crippen molar-refractivity contribution in [2.75, 3.05) is 6.61 Å². The number of imide groups is 1. The first-order chi connectivity index (χ1) is 8.90. The summed E-state index contributed by atoms with van der Waals surface area (Å²) < 4.78 is 5.18. The number of ether oxygens (including phenoxy) is 1. The number of benzene rings is 1. The fourth-order valence-corrected chi connectivity index (χ4v) is 1.73. The summed E-state index contributed by atoms with van der Waals surface area (Å²) in [6.45, 7) is 3.21. The predicted molar refractivity (Wildman–Crippen MR) is 73.8 cm³/mol. The average Bonchev–Trinajstić information content (AvgIpc) is 2.26. The monoisotopic (exact) mass is 304 g/mol. The Balaban J connectivity index is 2.49. The van der Waals surface area contributed by atoms with Crippen LogP contribution < -0.4 is 15.4 Å². The topological polar surface area (TPSA) is 67.4 Å². The van der Waals surface area contributed by atoms with Crippen LogP contribution in [0.4, 0.5) is 4.79 Å². The molecule has 7 heteroatoms. The zero-order chi connectivity index (χ0) is 14.4. The van der Waals surface area contributed by atoms with Crippen LogP contribution in [0.5, 0.6) is 5.75 Å². The summed E-state index contributed by atoms with van der Waals surface area (Å²) in [7, 11) is 0. The predicted octanol–water partition coefficient (Wildman–Crippen LogP) is 2.61. The highest BCUT2D eigenvalue weighted by Crippen LogP contribution is 2.32. The molecule has 19 heavy (non-hydrogen) atoms. The van der Waals surface area contributed by atoms with Gasteiger partial charge in [0, 0.05) is 6.04 Å². The normalized spacial score (nSPS) is 10.2. The van der Waals surface area contributed by atoms with Crippen LogP contribution in [0.2, 0.25) is 10.0 Å². The Morgan fingerprint density at radius 1 is 1.26 bits per heavy atom. The Morgan fingerprint density at radius 3 is 2.37 bits per heavy atom. The molecule has 0 aliphatic rings. The van der Waals surface area contributed by atoms with Gasteiger partial charge in [0.1, 0.15) is 0 Å². The lowest BCUT2D eigenvalue weighted by atomic mass is 10.3. The highest BCUT2D eigenvalue weighted by Gasteiger charge is 2.12. The number of carbonyl (C=O) groups is 2. The lowest BCUT2D eigenvalue weighted by Gasteiger charge is -2.11. The summed E-state index contributed by atoms with van der Waals surface area (Å²) in [4.78, 5) is 22.7. The molecule has 0 spiro atoms. The largest absolute Gasteiger partial charge is 0.481 e. The maximum absolute atomic E-state index is 11.4. The van der Waals surface area contributed by atoms with Crippen LogP contribution in [0.3, 0.4) is 0 Å². The Hall–Kier alpha value is -1.46. The van der Waals surface area contributed by atoms with E-state index in [-0.39, 0.29) is 18.4 Å². The smallest absolute Gasteiger partial charge is 0.321 e. The van der Waals surface area contributed by atoms with E-state index >= 15 is 0 Å². The van der Waals surface area contributed by atoms with Gasteiger partial charge in [0.15, 0.2) is 12.4 Å². The van der Waals surface area contributed by atoms with E-state index in [9.17, 15) is 9.59 Å². The maximum Gasteiger partial charge on any atom is 0.321 e. The molecule has 3 amide bonds. The molecule has 1 rings (SSSR count). The molecule has 0 aliphatic carbocycles. The molecule has 0 atom stereocenters. The lowest BCUT2D eigenvalue weighted by Crippen LogP contribution is -2.44. The van der Waals surface area contributed by atoms with E-state index < -0.39 is 11.9 Å². The summed E-state index contributed by atoms with van der Waals surface area (Å²) in [5.41, 5.74) is 0. The number of hydrogen-bond donors (Lipinski definition) is 2. The highest BCUT2D eigenvalue weighted by atomic mass is 35.5. The van der Waals surface area contributed by atoms with Crippen molar-refractivity contribution < 1.29 is 14.3 Å². The summed E-state index contributed by atoms with van der Waals surface area (Å²) in [6, 6.07) is 4.20. The second kappa shape index (κ2) is 7.21. The molecule has 2 N–H and O–H groups in total. The van der Waals surface area contributed by atoms with Crippen molar-refractivity contribution in [2.24, 2.45) is 0 Å². The number of nitrogens with one attached hydrogen (secondary N) is 2. The van der Waals surface area contributed by atoms with Gasteiger partial charge in [-0.05, 0) is 26.0 Å². The zero-order valence-electron chi connectivity index (χ0n) is 10.5. The molecule has 1 aromatic rings. The van der Waals surface area contributed by atoms with Crippen LogP contribution in [0.25, 0.3) is 0 Å². The minimum Gasteiger partial charge on any atom is -0.481 e. The van der Waals surface area contributed by atoms with Gasteiger partial charge in [-0.15, -0.1) is 0 Å². The molecule has 0 fully saturated rings. The second-order valence-electron chi connectivity index (χ2n) is 4.02. The first-order valence-electron chi connectivity index (χ1n) is 5.57. The fraction of sp³-hybridized carbons (Fsp3) is 0.333. The van der Waals surface area contributed by atoms with Crippen LogP contribution in [0.15, 0.2) is 18.2 Å². The fourth-order valence-electron chi connectivity index (χ4n) is 1.22. The van der Waals surface area contributed by atoms with Gasteiger partial charge in [-0.25, -0.2) is 4.79 Å². The van der Waals surface area contributed by atoms with E-state index in [4.69, 9.17) is 27.9 Å². The van der Waals surface area contributed by atoms with E-state index in [0.29, 0.717) is 10.0 Å². The molecule has 0 aliphatic heterocycles. The van der Waals surface area contributed by atoms with Gasteiger partial charge >= 0.3 is 6.03 Å². The summed E-state index contributed by atoms with van der Waals surface area (Å²) in [5, 5.41) is 5.23. The van der Waals surface area contributed by atoms with E-state index in [1.165, 1.54) is 0 Å². The number of halogens is 2. The zero-order valence-corrected chi connectivity index (χ0v) is 12.0. The Kier molecular flexibility index (Phi) is 5.92. The Bertz CT molecular complexity index is 458. The lowest BCUT2D eigenvalue weighted by molar-refractivity contribution is -0.122. The van der Waals surface area contributed by atoms with Crippen LogP contribution in [0, 0.1) is 0 Å². The molecule has 0 bridgehead atoms. The molecule has 104 valence electrons. The van der Waals surface area contributed by atoms with Gasteiger partial charge < -0.3 is 10.1 Å². The van der Waals surface area contributed by atoms with Crippen molar-refractivity contribution >= 4 is 35.1 Å². The van der Waals surface area contributed by atoms with E-state index in [0.717, 1.165) is 0 Å². The third-order valence-corrected chi connectivity index (χ3v) is 2.53. The third kappa shape index (κ3) is 5.36. The molecule has 0 aromatic heterocycles. The van der Waals surface area contributed by atoms with Gasteiger partial charge in [-0.1, -0.05) is 29.3 Å². The van der Waals surface area contributed by atoms with Gasteiger partial charge in [-0.3, -0.25) is 10.1 Å². The van der Waals surface area contributed by atoms with E-state index in [2.05, 4.69) is 10.6 Å². The van der Waals surface area contributed by atoms with Crippen LogP contribution in [-0.2, 0) is 4.79 Å². The molecule has 1 aromatic carbocycles. The number of para-hydroxylation sites is 1. The maximum atomic E-state index is 11.4. The molecule has 0 radical (unpaired) electrons. The van der Waals surface area contributed by atoms with Crippen molar-refractivity contribution in [3.8, 4) is 5.75 Å². The quantitative estimate of drug-likeness (QED) is 0.898. The first kappa shape index (κ1) is 15.6. The number of urea groups is 1. The highest BCUT2D eigenvalue weighted by molar-refractivity contribution is 6.37. The van der Waals surface area contributed by atoms with Gasteiger partial charge in [0.25, 0.3) is 5.91 Å².